The topological polar surface area (TPSA) is 105 Å². The Morgan fingerprint density at radius 1 is 1.57 bits per heavy atom. The third-order valence-corrected chi connectivity index (χ3v) is 4.73. The average molecular weight is 318 g/mol. The fourth-order valence-corrected chi connectivity index (χ4v) is 2.65. The smallest absolute Gasteiger partial charge is 0.325 e. The Morgan fingerprint density at radius 3 is 2.81 bits per heavy atom. The van der Waals surface area contributed by atoms with Crippen LogP contribution in [0.1, 0.15) is 20.3 Å². The summed E-state index contributed by atoms with van der Waals surface area (Å²) in [4.78, 5) is 12.6. The summed E-state index contributed by atoms with van der Waals surface area (Å²) in [6, 6.07) is 0.382. The first kappa shape index (κ1) is 17.6. The monoisotopic (exact) mass is 318 g/mol. The van der Waals surface area contributed by atoms with E-state index >= 15 is 0 Å². The highest BCUT2D eigenvalue weighted by Crippen LogP contribution is 2.07. The highest BCUT2D eigenvalue weighted by molar-refractivity contribution is 7.89. The predicted octanol–water partition coefficient (Wildman–Crippen LogP) is -0.0237. The largest absolute Gasteiger partial charge is 0.480 e. The number of rotatable bonds is 9. The minimum absolute atomic E-state index is 0.0325. The van der Waals surface area contributed by atoms with Gasteiger partial charge in [-0.3, -0.25) is 9.48 Å². The molecule has 0 saturated carbocycles. The third kappa shape index (κ3) is 5.44. The molecule has 2 N–H and O–H groups in total. The number of carboxylic acid groups (broad SMARTS) is 1. The molecule has 9 heteroatoms. The van der Waals surface area contributed by atoms with Gasteiger partial charge in [0.1, 0.15) is 11.4 Å². The summed E-state index contributed by atoms with van der Waals surface area (Å²) in [6.07, 6.45) is 3.34. The van der Waals surface area contributed by atoms with Crippen LogP contribution in [0.25, 0.3) is 0 Å². The van der Waals surface area contributed by atoms with Gasteiger partial charge in [-0.15, -0.1) is 0 Å². The maximum Gasteiger partial charge on any atom is 0.325 e. The zero-order valence-electron chi connectivity index (χ0n) is 12.5. The lowest BCUT2D eigenvalue weighted by molar-refractivity contribution is -0.137. The van der Waals surface area contributed by atoms with Crippen molar-refractivity contribution in [1.29, 1.82) is 0 Å². The Morgan fingerprint density at radius 2 is 2.24 bits per heavy atom. The van der Waals surface area contributed by atoms with Crippen LogP contribution in [0.4, 0.5) is 0 Å². The molecule has 0 bridgehead atoms. The molecule has 0 aliphatic rings. The molecule has 120 valence electrons. The fraction of sp³-hybridized carbons (Fsp3) is 0.667. The molecule has 0 fully saturated rings. The Labute approximate surface area is 124 Å². The van der Waals surface area contributed by atoms with Crippen LogP contribution < -0.4 is 4.72 Å². The van der Waals surface area contributed by atoms with E-state index in [1.165, 1.54) is 6.20 Å². The summed E-state index contributed by atoms with van der Waals surface area (Å²) in [5, 5.41) is 12.3. The molecule has 21 heavy (non-hydrogen) atoms. The van der Waals surface area contributed by atoms with Gasteiger partial charge in [-0.25, -0.2) is 13.1 Å². The number of hydrogen-bond acceptors (Lipinski definition) is 5. The SMILES string of the molecule is CCC(C)N(C)CCNS(=O)(=O)c1cnn(CC(=O)O)c1. The van der Waals surface area contributed by atoms with Crippen molar-refractivity contribution in [3.63, 3.8) is 0 Å². The Bertz CT molecular complexity index is 570. The van der Waals surface area contributed by atoms with E-state index in [0.717, 1.165) is 17.3 Å². The number of nitrogens with zero attached hydrogens (tertiary/aromatic N) is 3. The van der Waals surface area contributed by atoms with Crippen LogP contribution in [0, 0.1) is 0 Å². The quantitative estimate of drug-likeness (QED) is 0.663. The lowest BCUT2D eigenvalue weighted by atomic mass is 10.2. The molecule has 0 aliphatic heterocycles. The van der Waals surface area contributed by atoms with E-state index in [4.69, 9.17) is 5.11 Å². The fourth-order valence-electron chi connectivity index (χ4n) is 1.68. The van der Waals surface area contributed by atoms with E-state index in [9.17, 15) is 13.2 Å². The van der Waals surface area contributed by atoms with E-state index in [1.54, 1.807) is 0 Å². The first-order valence-corrected chi connectivity index (χ1v) is 8.18. The van der Waals surface area contributed by atoms with Gasteiger partial charge >= 0.3 is 5.97 Å². The minimum Gasteiger partial charge on any atom is -0.480 e. The number of nitrogens with one attached hydrogen (secondary N) is 1. The van der Waals surface area contributed by atoms with Gasteiger partial charge < -0.3 is 10.0 Å². The molecule has 0 aliphatic carbocycles. The van der Waals surface area contributed by atoms with E-state index in [2.05, 4.69) is 28.6 Å². The predicted molar refractivity (Wildman–Crippen MR) is 77.4 cm³/mol. The molecule has 0 radical (unpaired) electrons. The van der Waals surface area contributed by atoms with E-state index < -0.39 is 16.0 Å². The summed E-state index contributed by atoms with van der Waals surface area (Å²) >= 11 is 0. The molecule has 1 unspecified atom stereocenters. The number of sulfonamides is 1. The van der Waals surface area contributed by atoms with Crippen molar-refractivity contribution in [3.05, 3.63) is 12.4 Å². The number of hydrogen-bond donors (Lipinski definition) is 2. The lowest BCUT2D eigenvalue weighted by Crippen LogP contribution is -2.36. The molecule has 1 rings (SSSR count). The molecule has 1 atom stereocenters. The van der Waals surface area contributed by atoms with Gasteiger partial charge in [0, 0.05) is 25.3 Å². The maximum atomic E-state index is 12.0. The van der Waals surface area contributed by atoms with Crippen LogP contribution in [0.15, 0.2) is 17.3 Å². The highest BCUT2D eigenvalue weighted by atomic mass is 32.2. The van der Waals surface area contributed by atoms with Crippen LogP contribution >= 0.6 is 0 Å². The summed E-state index contributed by atoms with van der Waals surface area (Å²) < 4.78 is 27.6. The molecule has 0 amide bonds. The maximum absolute atomic E-state index is 12.0. The molecular weight excluding hydrogens is 296 g/mol. The number of aromatic nitrogens is 2. The van der Waals surface area contributed by atoms with Gasteiger partial charge in [0.2, 0.25) is 10.0 Å². The number of carbonyl (C=O) groups is 1. The van der Waals surface area contributed by atoms with Crippen LogP contribution in [-0.4, -0.2) is 60.4 Å². The Hall–Kier alpha value is -1.45. The zero-order valence-corrected chi connectivity index (χ0v) is 13.3. The van der Waals surface area contributed by atoms with Crippen LogP contribution in [0.3, 0.4) is 0 Å². The second-order valence-corrected chi connectivity index (χ2v) is 6.67. The molecule has 0 aromatic carbocycles. The summed E-state index contributed by atoms with van der Waals surface area (Å²) in [7, 11) is -1.72. The molecule has 1 heterocycles. The highest BCUT2D eigenvalue weighted by Gasteiger charge is 2.17. The standard InChI is InChI=1S/C12H22N4O4S/c1-4-10(2)15(3)6-5-14-21(19,20)11-7-13-16(8-11)9-12(17)18/h7-8,10,14H,4-6,9H2,1-3H3,(H,17,18). The molecule has 0 saturated heterocycles. The average Bonchev–Trinajstić information content (AvgIpc) is 2.85. The second kappa shape index (κ2) is 7.53. The number of aliphatic carboxylic acids is 1. The van der Waals surface area contributed by atoms with E-state index in [0.29, 0.717) is 12.6 Å². The third-order valence-electron chi connectivity index (χ3n) is 3.32. The lowest BCUT2D eigenvalue weighted by Gasteiger charge is -2.23. The van der Waals surface area contributed by atoms with Gasteiger partial charge in [0.25, 0.3) is 0 Å². The van der Waals surface area contributed by atoms with Crippen molar-refractivity contribution in [3.8, 4) is 0 Å². The van der Waals surface area contributed by atoms with Gasteiger partial charge in [0.15, 0.2) is 0 Å². The van der Waals surface area contributed by atoms with E-state index in [1.807, 2.05) is 7.05 Å². The molecule has 1 aromatic heterocycles. The normalized spacial score (nSPS) is 13.5. The van der Waals surface area contributed by atoms with E-state index in [-0.39, 0.29) is 18.0 Å². The van der Waals surface area contributed by atoms with Crippen LogP contribution in [0.5, 0.6) is 0 Å². The van der Waals surface area contributed by atoms with Gasteiger partial charge in [-0.1, -0.05) is 6.92 Å². The van der Waals surface area contributed by atoms with Gasteiger partial charge in [-0.05, 0) is 20.4 Å². The zero-order chi connectivity index (χ0) is 16.0. The summed E-state index contributed by atoms with van der Waals surface area (Å²) in [5.74, 6) is -1.08. The molecule has 8 nitrogen and oxygen atoms in total. The van der Waals surface area contributed by atoms with Gasteiger partial charge in [0.05, 0.1) is 6.20 Å². The first-order chi connectivity index (χ1) is 9.76. The minimum atomic E-state index is -3.66. The van der Waals surface area contributed by atoms with Crippen molar-refractivity contribution < 1.29 is 18.3 Å². The van der Waals surface area contributed by atoms with Crippen molar-refractivity contribution in [1.82, 2.24) is 19.4 Å². The van der Waals surface area contributed by atoms with Gasteiger partial charge in [-0.2, -0.15) is 5.10 Å². The van der Waals surface area contributed by atoms with Crippen molar-refractivity contribution in [2.75, 3.05) is 20.1 Å². The number of carboxylic acids is 1. The number of likely N-dealkylation sites (N-methyl/N-ethyl adjacent to an activating group) is 1. The summed E-state index contributed by atoms with van der Waals surface area (Å²) in [6.45, 7) is 4.66. The first-order valence-electron chi connectivity index (χ1n) is 6.70. The Kier molecular flexibility index (Phi) is 6.31. The van der Waals surface area contributed by atoms with Crippen molar-refractivity contribution >= 4 is 16.0 Å². The molecule has 1 aromatic rings. The summed E-state index contributed by atoms with van der Waals surface area (Å²) in [5.41, 5.74) is 0. The van der Waals surface area contributed by atoms with Crippen molar-refractivity contribution in [2.24, 2.45) is 0 Å². The van der Waals surface area contributed by atoms with Crippen LogP contribution in [-0.2, 0) is 21.4 Å². The van der Waals surface area contributed by atoms with Crippen molar-refractivity contribution in [2.45, 2.75) is 37.8 Å². The van der Waals surface area contributed by atoms with Crippen LogP contribution in [0.2, 0.25) is 0 Å². The molecule has 0 spiro atoms. The molecular formula is C12H22N4O4S. The second-order valence-electron chi connectivity index (χ2n) is 4.90. The Balaban J connectivity index is 2.57.